The molecule has 0 spiro atoms. The first kappa shape index (κ1) is 11.4. The summed E-state index contributed by atoms with van der Waals surface area (Å²) in [4.78, 5) is 2.38. The molecule has 4 nitrogen and oxygen atoms in total. The van der Waals surface area contributed by atoms with Gasteiger partial charge in [-0.1, -0.05) is 18.2 Å². The highest BCUT2D eigenvalue weighted by Gasteiger charge is 2.24. The van der Waals surface area contributed by atoms with E-state index >= 15 is 0 Å². The van der Waals surface area contributed by atoms with Crippen molar-refractivity contribution >= 4 is 5.69 Å². The molecule has 1 aromatic rings. The summed E-state index contributed by atoms with van der Waals surface area (Å²) < 4.78 is 5.40. The Morgan fingerprint density at radius 2 is 1.83 bits per heavy atom. The Morgan fingerprint density at radius 3 is 2.56 bits per heavy atom. The molecule has 0 aliphatic carbocycles. The molecule has 2 aliphatic rings. The Bertz CT molecular complexity index is 438. The Balaban J connectivity index is 1.72. The molecule has 96 valence electrons. The first-order chi connectivity index (χ1) is 8.84. The topological polar surface area (TPSA) is 27.7 Å². The molecule has 0 unspecified atom stereocenters. The average molecular weight is 245 g/mol. The molecule has 1 aromatic carbocycles. The lowest BCUT2D eigenvalue weighted by Crippen LogP contribution is -2.42. The number of nitrogens with one attached hydrogen (secondary N) is 1. The summed E-state index contributed by atoms with van der Waals surface area (Å²) in [6.45, 7) is 6.73. The van der Waals surface area contributed by atoms with E-state index in [9.17, 15) is 0 Å². The fourth-order valence-corrected chi connectivity index (χ4v) is 2.47. The molecule has 0 radical (unpaired) electrons. The maximum atomic E-state index is 5.40. The molecule has 1 saturated heterocycles. The van der Waals surface area contributed by atoms with Crippen LogP contribution in [0.25, 0.3) is 0 Å². The second-order valence-corrected chi connectivity index (χ2v) is 4.76. The van der Waals surface area contributed by atoms with Gasteiger partial charge in [-0.05, 0) is 24.6 Å². The van der Waals surface area contributed by atoms with Crippen molar-refractivity contribution in [2.45, 2.75) is 6.92 Å². The summed E-state index contributed by atoms with van der Waals surface area (Å²) in [5.74, 6) is 1.25. The van der Waals surface area contributed by atoms with Gasteiger partial charge in [0.25, 0.3) is 0 Å². The lowest BCUT2D eigenvalue weighted by molar-refractivity contribution is 0.0506. The molecular formula is C14H19N3O. The molecule has 4 heteroatoms. The maximum absolute atomic E-state index is 5.40. The molecule has 3 rings (SSSR count). The van der Waals surface area contributed by atoms with E-state index < -0.39 is 0 Å². The summed E-state index contributed by atoms with van der Waals surface area (Å²) in [5, 5.41) is 2.19. The monoisotopic (exact) mass is 245 g/mol. The van der Waals surface area contributed by atoms with Gasteiger partial charge in [0.15, 0.2) is 0 Å². The van der Waals surface area contributed by atoms with Gasteiger partial charge in [-0.3, -0.25) is 10.4 Å². The van der Waals surface area contributed by atoms with Crippen LogP contribution in [0.15, 0.2) is 41.7 Å². The molecule has 0 saturated carbocycles. The number of hydrazine groups is 1. The molecule has 1 N–H and O–H groups in total. The highest BCUT2D eigenvalue weighted by atomic mass is 16.5. The molecule has 0 atom stereocenters. The van der Waals surface area contributed by atoms with Crippen LogP contribution in [0.2, 0.25) is 0 Å². The van der Waals surface area contributed by atoms with Crippen molar-refractivity contribution < 1.29 is 4.74 Å². The van der Waals surface area contributed by atoms with Gasteiger partial charge in [-0.25, -0.2) is 0 Å². The zero-order chi connectivity index (χ0) is 12.4. The van der Waals surface area contributed by atoms with Gasteiger partial charge >= 0.3 is 0 Å². The second-order valence-electron chi connectivity index (χ2n) is 4.76. The molecule has 2 aliphatic heterocycles. The molecule has 0 aromatic heterocycles. The van der Waals surface area contributed by atoms with E-state index in [-0.39, 0.29) is 0 Å². The third kappa shape index (κ3) is 2.16. The van der Waals surface area contributed by atoms with Crippen molar-refractivity contribution in [2.24, 2.45) is 0 Å². The van der Waals surface area contributed by atoms with Crippen LogP contribution >= 0.6 is 0 Å². The van der Waals surface area contributed by atoms with Gasteiger partial charge in [0.2, 0.25) is 0 Å². The number of nitrogens with zero attached hydrogens (tertiary/aromatic N) is 2. The van der Waals surface area contributed by atoms with Gasteiger partial charge in [-0.2, -0.15) is 0 Å². The van der Waals surface area contributed by atoms with E-state index in [0.717, 1.165) is 32.8 Å². The number of para-hydroxylation sites is 1. The van der Waals surface area contributed by atoms with E-state index in [1.54, 1.807) is 0 Å². The molecular weight excluding hydrogens is 226 g/mol. The average Bonchev–Trinajstić information content (AvgIpc) is 2.83. The quantitative estimate of drug-likeness (QED) is 0.856. The predicted octanol–water partition coefficient (Wildman–Crippen LogP) is 1.57. The van der Waals surface area contributed by atoms with Crippen molar-refractivity contribution in [3.63, 3.8) is 0 Å². The predicted molar refractivity (Wildman–Crippen MR) is 72.0 cm³/mol. The zero-order valence-corrected chi connectivity index (χ0v) is 10.7. The Hall–Kier alpha value is -1.68. The third-order valence-electron chi connectivity index (χ3n) is 3.44. The minimum atomic E-state index is 0.823. The molecule has 18 heavy (non-hydrogen) atoms. The van der Waals surface area contributed by atoms with Crippen LogP contribution in [0.4, 0.5) is 5.69 Å². The summed E-state index contributed by atoms with van der Waals surface area (Å²) in [5.41, 5.74) is 6.11. The fourth-order valence-electron chi connectivity index (χ4n) is 2.47. The van der Waals surface area contributed by atoms with Crippen LogP contribution in [-0.2, 0) is 4.74 Å². The minimum Gasteiger partial charge on any atom is -0.378 e. The number of morpholine rings is 1. The smallest absolute Gasteiger partial charge is 0.121 e. The lowest BCUT2D eigenvalue weighted by atomic mass is 10.2. The zero-order valence-electron chi connectivity index (χ0n) is 10.7. The van der Waals surface area contributed by atoms with Crippen molar-refractivity contribution in [2.75, 3.05) is 37.9 Å². The SMILES string of the molecule is CC1=C(N2CCOCC2)NN(c2ccccc2)C1. The Kier molecular flexibility index (Phi) is 3.11. The van der Waals surface area contributed by atoms with E-state index in [2.05, 4.69) is 46.5 Å². The first-order valence-electron chi connectivity index (χ1n) is 6.46. The van der Waals surface area contributed by atoms with E-state index in [0.29, 0.717) is 0 Å². The normalized spacial score (nSPS) is 20.3. The number of rotatable bonds is 2. The minimum absolute atomic E-state index is 0.823. The molecule has 2 heterocycles. The van der Waals surface area contributed by atoms with Crippen molar-refractivity contribution in [1.82, 2.24) is 10.3 Å². The number of ether oxygens (including phenoxy) is 1. The van der Waals surface area contributed by atoms with E-state index in [1.165, 1.54) is 17.1 Å². The van der Waals surface area contributed by atoms with Crippen molar-refractivity contribution in [3.8, 4) is 0 Å². The summed E-state index contributed by atoms with van der Waals surface area (Å²) in [6.07, 6.45) is 0. The standard InChI is InChI=1S/C14H19N3O/c1-12-11-17(13-5-3-2-4-6-13)15-14(12)16-7-9-18-10-8-16/h2-6,15H,7-11H2,1H3. The van der Waals surface area contributed by atoms with Crippen LogP contribution in [0, 0.1) is 0 Å². The largest absolute Gasteiger partial charge is 0.378 e. The van der Waals surface area contributed by atoms with Crippen molar-refractivity contribution in [1.29, 1.82) is 0 Å². The van der Waals surface area contributed by atoms with Gasteiger partial charge in [0.1, 0.15) is 5.82 Å². The van der Waals surface area contributed by atoms with Gasteiger partial charge in [0, 0.05) is 13.1 Å². The summed E-state index contributed by atoms with van der Waals surface area (Å²) >= 11 is 0. The second kappa shape index (κ2) is 4.90. The summed E-state index contributed by atoms with van der Waals surface area (Å²) in [7, 11) is 0. The number of anilines is 1. The van der Waals surface area contributed by atoms with Gasteiger partial charge < -0.3 is 9.64 Å². The third-order valence-corrected chi connectivity index (χ3v) is 3.44. The maximum Gasteiger partial charge on any atom is 0.121 e. The van der Waals surface area contributed by atoms with Crippen LogP contribution in [0.5, 0.6) is 0 Å². The first-order valence-corrected chi connectivity index (χ1v) is 6.46. The van der Waals surface area contributed by atoms with Crippen LogP contribution < -0.4 is 10.4 Å². The van der Waals surface area contributed by atoms with Gasteiger partial charge in [0.05, 0.1) is 25.4 Å². The Morgan fingerprint density at radius 1 is 1.11 bits per heavy atom. The molecule has 1 fully saturated rings. The highest BCUT2D eigenvalue weighted by molar-refractivity contribution is 5.49. The fraction of sp³-hybridized carbons (Fsp3) is 0.429. The summed E-state index contributed by atoms with van der Waals surface area (Å²) in [6, 6.07) is 10.4. The van der Waals surface area contributed by atoms with E-state index in [1.807, 2.05) is 6.07 Å². The van der Waals surface area contributed by atoms with Crippen LogP contribution in [0.3, 0.4) is 0 Å². The lowest BCUT2D eigenvalue weighted by Gasteiger charge is -2.31. The number of hydrogen-bond donors (Lipinski definition) is 1. The number of benzene rings is 1. The Labute approximate surface area is 108 Å². The molecule has 0 amide bonds. The van der Waals surface area contributed by atoms with Crippen molar-refractivity contribution in [3.05, 3.63) is 41.7 Å². The van der Waals surface area contributed by atoms with Crippen LogP contribution in [0.1, 0.15) is 6.92 Å². The highest BCUT2D eigenvalue weighted by Crippen LogP contribution is 2.22. The van der Waals surface area contributed by atoms with Crippen LogP contribution in [-0.4, -0.2) is 37.7 Å². The van der Waals surface area contributed by atoms with Gasteiger partial charge in [-0.15, -0.1) is 0 Å². The number of hydrogen-bond acceptors (Lipinski definition) is 4. The molecule has 0 bridgehead atoms. The van der Waals surface area contributed by atoms with E-state index in [4.69, 9.17) is 4.74 Å².